The number of hydrogen-bond donors (Lipinski definition) is 4. The monoisotopic (exact) mass is 883 g/mol. The van der Waals surface area contributed by atoms with E-state index in [0.717, 1.165) is 51.4 Å². The number of hydrogen-bond acceptors (Lipinski definition) is 13. The van der Waals surface area contributed by atoms with Gasteiger partial charge in [-0.05, 0) is 152 Å². The van der Waals surface area contributed by atoms with Crippen LogP contribution in [0.2, 0.25) is 0 Å². The Morgan fingerprint density at radius 3 is 2.08 bits per heavy atom. The van der Waals surface area contributed by atoms with Gasteiger partial charge in [-0.1, -0.05) is 46.8 Å². The molecule has 0 aromatic heterocycles. The predicted octanol–water partition coefficient (Wildman–Crippen LogP) is 6.37. The van der Waals surface area contributed by atoms with Crippen molar-refractivity contribution in [3.8, 4) is 5.75 Å². The van der Waals surface area contributed by atoms with Crippen LogP contribution in [0.1, 0.15) is 123 Å². The third-order valence-corrected chi connectivity index (χ3v) is 18.8. The van der Waals surface area contributed by atoms with E-state index in [4.69, 9.17) is 33.2 Å². The van der Waals surface area contributed by atoms with Gasteiger partial charge in [-0.25, -0.2) is 4.79 Å². The minimum atomic E-state index is -1.59. The first kappa shape index (κ1) is 46.9. The van der Waals surface area contributed by atoms with Crippen molar-refractivity contribution in [2.75, 3.05) is 26.9 Å². The zero-order valence-electron chi connectivity index (χ0n) is 38.8. The summed E-state index contributed by atoms with van der Waals surface area (Å²) in [7, 11) is 1.51. The van der Waals surface area contributed by atoms with Crippen LogP contribution < -0.4 is 4.74 Å². The van der Waals surface area contributed by atoms with Gasteiger partial charge in [-0.3, -0.25) is 4.79 Å². The maximum atomic E-state index is 13.3. The van der Waals surface area contributed by atoms with Gasteiger partial charge >= 0.3 is 11.9 Å². The molecule has 0 amide bonds. The average Bonchev–Trinajstić information content (AvgIpc) is 3.64. The van der Waals surface area contributed by atoms with Crippen molar-refractivity contribution in [1.82, 2.24) is 0 Å². The first-order chi connectivity index (χ1) is 29.7. The lowest BCUT2D eigenvalue weighted by atomic mass is 9.32. The summed E-state index contributed by atoms with van der Waals surface area (Å²) in [5, 5.41) is 43.9. The van der Waals surface area contributed by atoms with Crippen LogP contribution in [0.3, 0.4) is 0 Å². The second kappa shape index (κ2) is 17.2. The molecule has 0 spiro atoms. The highest BCUT2D eigenvalue weighted by Crippen LogP contribution is 2.77. The van der Waals surface area contributed by atoms with Crippen molar-refractivity contribution >= 4 is 11.9 Å². The number of carbonyl (C=O) groups excluding carboxylic acids is 2. The highest BCUT2D eigenvalue weighted by Gasteiger charge is 2.71. The number of ether oxygens (including phenoxy) is 7. The quantitative estimate of drug-likeness (QED) is 0.116. The molecule has 352 valence electrons. The lowest BCUT2D eigenvalue weighted by Crippen LogP contribution is -2.67. The number of aliphatic hydroxyl groups excluding tert-OH is 4. The molecule has 18 atom stereocenters. The van der Waals surface area contributed by atoms with E-state index < -0.39 is 61.1 Å². The van der Waals surface area contributed by atoms with E-state index in [1.807, 2.05) is 0 Å². The van der Waals surface area contributed by atoms with E-state index in [1.54, 1.807) is 12.1 Å². The molecular weight excluding hydrogens is 809 g/mol. The fraction of sp³-hybridized carbons (Fsp3) is 0.800. The van der Waals surface area contributed by atoms with E-state index in [0.29, 0.717) is 35.3 Å². The van der Waals surface area contributed by atoms with Gasteiger partial charge in [-0.15, -0.1) is 0 Å². The van der Waals surface area contributed by atoms with Crippen LogP contribution in [0.4, 0.5) is 0 Å². The van der Waals surface area contributed by atoms with Crippen LogP contribution >= 0.6 is 0 Å². The number of benzene rings is 1. The maximum absolute atomic E-state index is 13.3. The Labute approximate surface area is 373 Å². The normalized spacial score (nSPS) is 46.6. The van der Waals surface area contributed by atoms with Crippen molar-refractivity contribution in [2.24, 2.45) is 56.7 Å². The summed E-state index contributed by atoms with van der Waals surface area (Å²) in [6, 6.07) is 6.19. The summed E-state index contributed by atoms with van der Waals surface area (Å²) >= 11 is 0. The molecule has 5 saturated carbocycles. The third-order valence-electron chi connectivity index (χ3n) is 18.8. The molecule has 2 aliphatic heterocycles. The summed E-state index contributed by atoms with van der Waals surface area (Å²) in [5.74, 6) is 1.48. The number of methoxy groups -OCH3 is 1. The van der Waals surface area contributed by atoms with E-state index in [2.05, 4.69) is 48.1 Å². The van der Waals surface area contributed by atoms with E-state index in [-0.39, 0.29) is 58.6 Å². The Bertz CT molecular complexity index is 1850. The molecule has 13 nitrogen and oxygen atoms in total. The van der Waals surface area contributed by atoms with Crippen molar-refractivity contribution in [3.63, 3.8) is 0 Å². The topological polar surface area (TPSA) is 180 Å². The molecule has 7 fully saturated rings. The minimum absolute atomic E-state index is 0.0142. The molecule has 13 heteroatoms. The van der Waals surface area contributed by atoms with E-state index in [9.17, 15) is 30.0 Å². The second-order valence-corrected chi connectivity index (χ2v) is 22.0. The van der Waals surface area contributed by atoms with Crippen LogP contribution in [-0.2, 0) is 33.2 Å². The molecule has 5 aliphatic carbocycles. The molecule has 63 heavy (non-hydrogen) atoms. The van der Waals surface area contributed by atoms with E-state index >= 15 is 0 Å². The molecule has 0 bridgehead atoms. The van der Waals surface area contributed by atoms with Gasteiger partial charge in [0.1, 0.15) is 30.2 Å². The SMILES string of the molecule is C=C(C)[C@@H]1CC[C@]2(CO)CC[C@]3(C)[C@H](CC[C@@H]4[C@@]5(C)CC[C@H](O[C@@H]6OC[C@H](O)[C@H](O[C@@H]7OC[C@@H](O)[C@H](O)[C@H]7OC(=O)c7ccc(OC)cc7)[C@H]6OC(C)=O)C(C)(C)[C@@H]5CC[C@]43C)[C@@H]12. The van der Waals surface area contributed by atoms with Crippen LogP contribution in [0.15, 0.2) is 36.4 Å². The Balaban J connectivity index is 1.000. The molecular formula is C50H74O13. The third kappa shape index (κ3) is 7.70. The van der Waals surface area contributed by atoms with Crippen LogP contribution in [0.25, 0.3) is 0 Å². The highest BCUT2D eigenvalue weighted by molar-refractivity contribution is 5.89. The summed E-state index contributed by atoms with van der Waals surface area (Å²) in [6.07, 6.45) is -0.380. The van der Waals surface area contributed by atoms with Gasteiger partial charge < -0.3 is 53.6 Å². The summed E-state index contributed by atoms with van der Waals surface area (Å²) in [4.78, 5) is 26.0. The fourth-order valence-corrected chi connectivity index (χ4v) is 15.4. The smallest absolute Gasteiger partial charge is 0.338 e. The number of allylic oxidation sites excluding steroid dienone is 1. The Kier molecular flexibility index (Phi) is 12.8. The van der Waals surface area contributed by atoms with Crippen LogP contribution in [0.5, 0.6) is 5.75 Å². The zero-order chi connectivity index (χ0) is 45.4. The molecule has 2 saturated heterocycles. The molecule has 7 aliphatic rings. The Morgan fingerprint density at radius 2 is 1.43 bits per heavy atom. The maximum Gasteiger partial charge on any atom is 0.338 e. The minimum Gasteiger partial charge on any atom is -0.497 e. The Hall–Kier alpha value is -2.62. The number of esters is 2. The van der Waals surface area contributed by atoms with Gasteiger partial charge in [0.2, 0.25) is 0 Å². The first-order valence-corrected chi connectivity index (χ1v) is 23.6. The van der Waals surface area contributed by atoms with Crippen LogP contribution in [0, 0.1) is 56.7 Å². The summed E-state index contributed by atoms with van der Waals surface area (Å²) in [6.45, 7) is 20.1. The van der Waals surface area contributed by atoms with Crippen molar-refractivity contribution in [1.29, 1.82) is 0 Å². The summed E-state index contributed by atoms with van der Waals surface area (Å²) < 4.78 is 42.0. The van der Waals surface area contributed by atoms with Crippen LogP contribution in [-0.4, -0.2) is 115 Å². The molecule has 0 radical (unpaired) electrons. The highest BCUT2D eigenvalue weighted by atomic mass is 16.7. The second-order valence-electron chi connectivity index (χ2n) is 22.0. The lowest BCUT2D eigenvalue weighted by Gasteiger charge is -2.73. The van der Waals surface area contributed by atoms with Gasteiger partial charge in [0.25, 0.3) is 0 Å². The molecule has 8 rings (SSSR count). The largest absolute Gasteiger partial charge is 0.497 e. The number of aliphatic hydroxyl groups is 4. The van der Waals surface area contributed by atoms with Crippen molar-refractivity contribution < 1.29 is 63.2 Å². The fourth-order valence-electron chi connectivity index (χ4n) is 15.4. The Morgan fingerprint density at radius 1 is 0.746 bits per heavy atom. The van der Waals surface area contributed by atoms with E-state index in [1.165, 1.54) is 44.6 Å². The van der Waals surface area contributed by atoms with Gasteiger partial charge in [0.05, 0.1) is 32.0 Å². The molecule has 1 aromatic rings. The van der Waals surface area contributed by atoms with Gasteiger partial charge in [0, 0.05) is 13.5 Å². The van der Waals surface area contributed by atoms with Crippen molar-refractivity contribution in [2.45, 2.75) is 168 Å². The standard InChI is InChI=1S/C50H74O13/c1-27(2)31-16-21-50(26-51)23-22-48(7)32(38(31)50)14-15-36-47(6)19-18-37(46(4,5)35(47)17-20-49(36,48)8)61-45-42(60-28(3)52)40(34(54)25-59-45)63-44-41(39(55)33(53)24-58-44)62-43(56)29-10-12-30(57-9)13-11-29/h10-13,31-42,44-45,51,53-55H,1,14-26H2,2-9H3/t31-,32+,33+,34-,35-,36+,37-,38+,39-,40-,41+,42+,44-,45-,47-,48+,49+,50+/m0/s1. The number of carbonyl (C=O) groups is 2. The molecule has 0 unspecified atom stereocenters. The van der Waals surface area contributed by atoms with Gasteiger partial charge in [0.15, 0.2) is 24.8 Å². The average molecular weight is 883 g/mol. The van der Waals surface area contributed by atoms with Crippen molar-refractivity contribution in [3.05, 3.63) is 42.0 Å². The van der Waals surface area contributed by atoms with Gasteiger partial charge in [-0.2, -0.15) is 0 Å². The zero-order valence-corrected chi connectivity index (χ0v) is 38.8. The summed E-state index contributed by atoms with van der Waals surface area (Å²) in [5.41, 5.74) is 1.53. The number of rotatable bonds is 10. The molecule has 1 aromatic carbocycles. The first-order valence-electron chi connectivity index (χ1n) is 23.6. The molecule has 2 heterocycles. The number of fused-ring (bicyclic) bond motifs is 7. The predicted molar refractivity (Wildman–Crippen MR) is 231 cm³/mol. The molecule has 4 N–H and O–H groups in total. The lowest BCUT2D eigenvalue weighted by molar-refractivity contribution is -0.347.